The molecule has 6 heteroatoms. The molecule has 2 unspecified atom stereocenters. The minimum absolute atomic E-state index is 0.235. The highest BCUT2D eigenvalue weighted by atomic mass is 79.9. The molecule has 0 heterocycles. The van der Waals surface area contributed by atoms with Crippen LogP contribution in [0.2, 0.25) is 0 Å². The Morgan fingerprint density at radius 2 is 1.86 bits per heavy atom. The van der Waals surface area contributed by atoms with Crippen LogP contribution in [0.4, 0.5) is 0 Å². The number of rotatable bonds is 3. The molecule has 1 fully saturated rings. The summed E-state index contributed by atoms with van der Waals surface area (Å²) in [5.41, 5.74) is 0.512. The van der Waals surface area contributed by atoms with E-state index in [4.69, 9.17) is 0 Å². The molecule has 0 aliphatic heterocycles. The highest BCUT2D eigenvalue weighted by Gasteiger charge is 2.31. The molecule has 2 rings (SSSR count). The first-order valence-electron chi connectivity index (χ1n) is 6.98. The average Bonchev–Trinajstić information content (AvgIpc) is 2.67. The summed E-state index contributed by atoms with van der Waals surface area (Å²) in [6.45, 7) is 0. The fourth-order valence-corrected chi connectivity index (χ4v) is 3.48. The third-order valence-corrected chi connectivity index (χ3v) is 5.01. The van der Waals surface area contributed by atoms with Gasteiger partial charge in [-0.3, -0.25) is 9.59 Å². The van der Waals surface area contributed by atoms with Gasteiger partial charge in [0.15, 0.2) is 0 Å². The van der Waals surface area contributed by atoms with Crippen molar-refractivity contribution < 1.29 is 14.7 Å². The number of carbonyl (C=O) groups is 2. The van der Waals surface area contributed by atoms with E-state index in [-0.39, 0.29) is 11.9 Å². The summed E-state index contributed by atoms with van der Waals surface area (Å²) in [6.07, 6.45) is 4.23. The Bertz CT molecular complexity index is 548. The average molecular weight is 419 g/mol. The third kappa shape index (κ3) is 4.30. The van der Waals surface area contributed by atoms with Crippen molar-refractivity contribution in [2.24, 2.45) is 5.92 Å². The van der Waals surface area contributed by atoms with Crippen LogP contribution >= 0.6 is 31.9 Å². The van der Waals surface area contributed by atoms with Gasteiger partial charge in [0.25, 0.3) is 5.91 Å². The van der Waals surface area contributed by atoms with Crippen LogP contribution in [0.25, 0.3) is 0 Å². The van der Waals surface area contributed by atoms with Crippen LogP contribution in [0.3, 0.4) is 0 Å². The van der Waals surface area contributed by atoms with Crippen LogP contribution in [0.1, 0.15) is 42.5 Å². The van der Waals surface area contributed by atoms with E-state index in [9.17, 15) is 14.7 Å². The fraction of sp³-hybridized carbons (Fsp3) is 0.467. The molecule has 1 aromatic carbocycles. The molecule has 4 nitrogen and oxygen atoms in total. The lowest BCUT2D eigenvalue weighted by molar-refractivity contribution is -0.142. The van der Waals surface area contributed by atoms with Gasteiger partial charge in [-0.25, -0.2) is 0 Å². The maximum absolute atomic E-state index is 12.4. The smallest absolute Gasteiger partial charge is 0.308 e. The zero-order valence-corrected chi connectivity index (χ0v) is 14.6. The summed E-state index contributed by atoms with van der Waals surface area (Å²) in [4.78, 5) is 23.8. The number of carbonyl (C=O) groups excluding carboxylic acids is 1. The standard InChI is InChI=1S/C15H17Br2NO3/c16-9-6-7-12(17)11(8-9)14(19)18-13-5-3-1-2-4-10(13)15(20)21/h6-8,10,13H,1-5H2,(H,18,19)(H,20,21). The largest absolute Gasteiger partial charge is 0.481 e. The molecule has 2 N–H and O–H groups in total. The SMILES string of the molecule is O=C(NC1CCCCCC1C(=O)O)c1cc(Br)ccc1Br. The van der Waals surface area contributed by atoms with Gasteiger partial charge in [-0.2, -0.15) is 0 Å². The zero-order valence-electron chi connectivity index (χ0n) is 11.4. The summed E-state index contributed by atoms with van der Waals surface area (Å²) in [6, 6.07) is 5.06. The van der Waals surface area contributed by atoms with Crippen LogP contribution in [-0.4, -0.2) is 23.0 Å². The monoisotopic (exact) mass is 417 g/mol. The Morgan fingerprint density at radius 1 is 1.14 bits per heavy atom. The normalized spacial score (nSPS) is 22.4. The maximum Gasteiger partial charge on any atom is 0.308 e. The second kappa shape index (κ2) is 7.40. The lowest BCUT2D eigenvalue weighted by Crippen LogP contribution is -2.42. The molecule has 1 amide bonds. The highest BCUT2D eigenvalue weighted by molar-refractivity contribution is 9.11. The number of aliphatic carboxylic acids is 1. The zero-order chi connectivity index (χ0) is 15.4. The number of hydrogen-bond acceptors (Lipinski definition) is 2. The topological polar surface area (TPSA) is 66.4 Å². The maximum atomic E-state index is 12.4. The molecular formula is C15H17Br2NO3. The number of hydrogen-bond donors (Lipinski definition) is 2. The Balaban J connectivity index is 2.16. The molecular weight excluding hydrogens is 402 g/mol. The number of carboxylic acids is 1. The van der Waals surface area contributed by atoms with Gasteiger partial charge in [0.2, 0.25) is 0 Å². The van der Waals surface area contributed by atoms with Crippen LogP contribution in [0.5, 0.6) is 0 Å². The summed E-state index contributed by atoms with van der Waals surface area (Å²) >= 11 is 6.70. The molecule has 1 saturated carbocycles. The minimum atomic E-state index is -0.824. The van der Waals surface area contributed by atoms with E-state index in [2.05, 4.69) is 37.2 Å². The van der Waals surface area contributed by atoms with Gasteiger partial charge in [0.1, 0.15) is 0 Å². The number of nitrogens with one attached hydrogen (secondary N) is 1. The van der Waals surface area contributed by atoms with Gasteiger partial charge < -0.3 is 10.4 Å². The number of amides is 1. The second-order valence-corrected chi connectivity index (χ2v) is 7.06. The van der Waals surface area contributed by atoms with Crippen molar-refractivity contribution in [1.29, 1.82) is 0 Å². The van der Waals surface area contributed by atoms with Crippen LogP contribution in [-0.2, 0) is 4.79 Å². The number of halogens is 2. The van der Waals surface area contributed by atoms with Gasteiger partial charge in [-0.1, -0.05) is 35.2 Å². The summed E-state index contributed by atoms with van der Waals surface area (Å²) in [7, 11) is 0. The van der Waals surface area contributed by atoms with E-state index < -0.39 is 11.9 Å². The van der Waals surface area contributed by atoms with E-state index in [1.54, 1.807) is 12.1 Å². The van der Waals surface area contributed by atoms with E-state index in [0.717, 1.165) is 23.7 Å². The van der Waals surface area contributed by atoms with Crippen molar-refractivity contribution in [3.05, 3.63) is 32.7 Å². The Hall–Kier alpha value is -0.880. The molecule has 0 bridgehead atoms. The number of carboxylic acid groups (broad SMARTS) is 1. The molecule has 0 spiro atoms. The van der Waals surface area contributed by atoms with E-state index in [1.165, 1.54) is 0 Å². The fourth-order valence-electron chi connectivity index (χ4n) is 2.69. The summed E-state index contributed by atoms with van der Waals surface area (Å²) in [5, 5.41) is 12.3. The van der Waals surface area contributed by atoms with Crippen molar-refractivity contribution in [3.63, 3.8) is 0 Å². The van der Waals surface area contributed by atoms with Gasteiger partial charge in [-0.15, -0.1) is 0 Å². The highest BCUT2D eigenvalue weighted by Crippen LogP contribution is 2.26. The van der Waals surface area contributed by atoms with Crippen molar-refractivity contribution in [2.75, 3.05) is 0 Å². The third-order valence-electron chi connectivity index (χ3n) is 3.82. The van der Waals surface area contributed by atoms with Crippen molar-refractivity contribution in [2.45, 2.75) is 38.1 Å². The molecule has 1 aliphatic carbocycles. The van der Waals surface area contributed by atoms with Crippen molar-refractivity contribution in [3.8, 4) is 0 Å². The molecule has 0 radical (unpaired) electrons. The first-order valence-corrected chi connectivity index (χ1v) is 8.56. The first kappa shape index (κ1) is 16.5. The summed E-state index contributed by atoms with van der Waals surface area (Å²) < 4.78 is 1.51. The number of benzene rings is 1. The molecule has 21 heavy (non-hydrogen) atoms. The van der Waals surface area contributed by atoms with Crippen LogP contribution < -0.4 is 5.32 Å². The predicted molar refractivity (Wildman–Crippen MR) is 87.3 cm³/mol. The molecule has 1 aliphatic rings. The molecule has 114 valence electrons. The lowest BCUT2D eigenvalue weighted by Gasteiger charge is -2.23. The van der Waals surface area contributed by atoms with Gasteiger partial charge in [0, 0.05) is 15.0 Å². The second-order valence-electron chi connectivity index (χ2n) is 5.29. The predicted octanol–water partition coefficient (Wildman–Crippen LogP) is 3.97. The quantitative estimate of drug-likeness (QED) is 0.729. The molecule has 1 aromatic rings. The van der Waals surface area contributed by atoms with E-state index in [0.29, 0.717) is 22.9 Å². The molecule has 2 atom stereocenters. The van der Waals surface area contributed by atoms with E-state index >= 15 is 0 Å². The van der Waals surface area contributed by atoms with Crippen molar-refractivity contribution in [1.82, 2.24) is 5.32 Å². The van der Waals surface area contributed by atoms with Crippen LogP contribution in [0, 0.1) is 5.92 Å². The molecule has 0 aromatic heterocycles. The Morgan fingerprint density at radius 3 is 2.57 bits per heavy atom. The minimum Gasteiger partial charge on any atom is -0.481 e. The van der Waals surface area contributed by atoms with E-state index in [1.807, 2.05) is 6.07 Å². The van der Waals surface area contributed by atoms with Crippen molar-refractivity contribution >= 4 is 43.7 Å². The Kier molecular flexibility index (Phi) is 5.81. The lowest BCUT2D eigenvalue weighted by atomic mass is 9.94. The summed E-state index contributed by atoms with van der Waals surface area (Å²) in [5.74, 6) is -1.56. The Labute approximate surface area is 140 Å². The first-order chi connectivity index (χ1) is 9.99. The van der Waals surface area contributed by atoms with Crippen LogP contribution in [0.15, 0.2) is 27.1 Å². The van der Waals surface area contributed by atoms with Gasteiger partial charge >= 0.3 is 5.97 Å². The molecule has 0 saturated heterocycles. The van der Waals surface area contributed by atoms with Gasteiger partial charge in [-0.05, 0) is 47.0 Å². The van der Waals surface area contributed by atoms with Gasteiger partial charge in [0.05, 0.1) is 11.5 Å².